The molecule has 0 unspecified atom stereocenters. The lowest BCUT2D eigenvalue weighted by Gasteiger charge is -2.40. The summed E-state index contributed by atoms with van der Waals surface area (Å²) in [5.74, 6) is 0.0256. The molecule has 0 spiro atoms. The lowest BCUT2D eigenvalue weighted by molar-refractivity contribution is -0.137. The van der Waals surface area contributed by atoms with E-state index in [1.54, 1.807) is 35.7 Å². The molecule has 1 saturated carbocycles. The lowest BCUT2D eigenvalue weighted by atomic mass is 9.74. The average molecular weight is 789 g/mol. The van der Waals surface area contributed by atoms with Gasteiger partial charge >= 0.3 is 6.18 Å². The SMILES string of the molecule is Cc1ccccc1-c1c(N2c3ccccc3Sc3ccccc32)cc(N2c3ccccc3Sc3ccccc32)c(-c2ccccc2C(F)(F)F)c1C1CCCCC1. The molecule has 3 aliphatic rings. The fourth-order valence-corrected chi connectivity index (χ4v) is 11.2. The van der Waals surface area contributed by atoms with E-state index >= 15 is 13.2 Å². The Morgan fingerprint density at radius 2 is 0.877 bits per heavy atom. The Balaban J connectivity index is 1.44. The van der Waals surface area contributed by atoms with Gasteiger partial charge in [0.25, 0.3) is 0 Å². The fourth-order valence-electron chi connectivity index (χ4n) is 9.12. The summed E-state index contributed by atoms with van der Waals surface area (Å²) in [6.45, 7) is 2.13. The minimum atomic E-state index is -4.57. The van der Waals surface area contributed by atoms with Crippen molar-refractivity contribution in [3.05, 3.63) is 168 Å². The number of halogens is 3. The van der Waals surface area contributed by atoms with Crippen molar-refractivity contribution in [2.24, 2.45) is 0 Å². The van der Waals surface area contributed by atoms with Crippen molar-refractivity contribution in [3.63, 3.8) is 0 Å². The summed E-state index contributed by atoms with van der Waals surface area (Å²) in [4.78, 5) is 9.00. The minimum Gasteiger partial charge on any atom is -0.308 e. The number of para-hydroxylation sites is 4. The highest BCUT2D eigenvalue weighted by molar-refractivity contribution is 8.00. The molecule has 282 valence electrons. The van der Waals surface area contributed by atoms with Gasteiger partial charge in [-0.3, -0.25) is 0 Å². The van der Waals surface area contributed by atoms with Crippen LogP contribution in [0.4, 0.5) is 47.3 Å². The van der Waals surface area contributed by atoms with Crippen molar-refractivity contribution < 1.29 is 13.2 Å². The first kappa shape index (κ1) is 36.0. The average Bonchev–Trinajstić information content (AvgIpc) is 3.24. The van der Waals surface area contributed by atoms with E-state index < -0.39 is 11.7 Å². The molecule has 2 heterocycles. The molecule has 0 bridgehead atoms. The summed E-state index contributed by atoms with van der Waals surface area (Å²) in [5, 5.41) is 0. The Hall–Kier alpha value is -5.37. The molecule has 0 amide bonds. The number of alkyl halides is 3. The molecule has 7 heteroatoms. The molecule has 1 fully saturated rings. The second-order valence-corrected chi connectivity index (χ2v) is 17.2. The first-order valence-corrected chi connectivity index (χ1v) is 21.3. The van der Waals surface area contributed by atoms with Gasteiger partial charge in [-0.2, -0.15) is 13.2 Å². The van der Waals surface area contributed by atoms with E-state index in [2.05, 4.69) is 120 Å². The molecule has 10 rings (SSSR count). The van der Waals surface area contributed by atoms with Gasteiger partial charge in [0.2, 0.25) is 0 Å². The van der Waals surface area contributed by atoms with Crippen molar-refractivity contribution in [3.8, 4) is 22.3 Å². The van der Waals surface area contributed by atoms with Crippen molar-refractivity contribution in [2.45, 2.75) is 70.7 Å². The maximum atomic E-state index is 15.5. The molecule has 0 radical (unpaired) electrons. The monoisotopic (exact) mass is 788 g/mol. The number of aryl methyl sites for hydroxylation is 1. The normalized spacial score (nSPS) is 15.1. The zero-order valence-corrected chi connectivity index (χ0v) is 33.0. The van der Waals surface area contributed by atoms with E-state index in [9.17, 15) is 0 Å². The number of hydrogen-bond donors (Lipinski definition) is 0. The van der Waals surface area contributed by atoms with Gasteiger partial charge in [-0.15, -0.1) is 0 Å². The Kier molecular flexibility index (Phi) is 9.18. The van der Waals surface area contributed by atoms with Crippen LogP contribution in [0.3, 0.4) is 0 Å². The predicted octanol–water partition coefficient (Wildman–Crippen LogP) is 16.3. The standard InChI is InChI=1S/C50H39F3N2S2/c1-32-17-5-6-20-34(32)48-41(54-37-23-9-13-27-43(37)56-44-28-14-10-24-38(44)54)31-42(55-39-25-11-15-29-45(39)57-46-30-16-12-26-40(46)55)49(47(48)33-18-3-2-4-19-33)35-21-7-8-22-36(35)50(51,52)53/h5-17,20-31,33H,2-4,18-19H2,1H3. The van der Waals surface area contributed by atoms with Crippen LogP contribution in [0.2, 0.25) is 0 Å². The van der Waals surface area contributed by atoms with E-state index in [1.807, 2.05) is 24.3 Å². The van der Waals surface area contributed by atoms with Crippen LogP contribution in [0.5, 0.6) is 0 Å². The molecule has 0 saturated heterocycles. The highest BCUT2D eigenvalue weighted by Gasteiger charge is 2.40. The summed E-state index contributed by atoms with van der Waals surface area (Å²) in [5.41, 5.74) is 10.1. The van der Waals surface area contributed by atoms with Crippen LogP contribution >= 0.6 is 23.5 Å². The summed E-state index contributed by atoms with van der Waals surface area (Å²) >= 11 is 3.46. The van der Waals surface area contributed by atoms with Gasteiger partial charge in [0.1, 0.15) is 0 Å². The molecule has 0 aromatic heterocycles. The van der Waals surface area contributed by atoms with Crippen LogP contribution in [0.1, 0.15) is 54.7 Å². The van der Waals surface area contributed by atoms with Crippen LogP contribution in [0.15, 0.2) is 171 Å². The summed E-state index contributed by atoms with van der Waals surface area (Å²) in [7, 11) is 0. The topological polar surface area (TPSA) is 6.48 Å². The minimum absolute atomic E-state index is 0.0256. The number of fused-ring (bicyclic) bond motifs is 4. The number of anilines is 6. The number of rotatable bonds is 5. The van der Waals surface area contributed by atoms with Crippen molar-refractivity contribution in [2.75, 3.05) is 9.80 Å². The van der Waals surface area contributed by atoms with E-state index in [-0.39, 0.29) is 11.5 Å². The van der Waals surface area contributed by atoms with Crippen LogP contribution in [0, 0.1) is 6.92 Å². The first-order chi connectivity index (χ1) is 27.9. The second kappa shape index (κ2) is 14.5. The van der Waals surface area contributed by atoms with Gasteiger partial charge in [-0.05, 0) is 109 Å². The third-order valence-electron chi connectivity index (χ3n) is 11.6. The summed E-state index contributed by atoms with van der Waals surface area (Å²) in [6.07, 6.45) is 0.385. The quantitative estimate of drug-likeness (QED) is 0.171. The fraction of sp³-hybridized carbons (Fsp3) is 0.160. The zero-order chi connectivity index (χ0) is 38.7. The Morgan fingerprint density at radius 3 is 1.35 bits per heavy atom. The lowest BCUT2D eigenvalue weighted by Crippen LogP contribution is -2.22. The van der Waals surface area contributed by atoms with Crippen LogP contribution in [-0.4, -0.2) is 0 Å². The predicted molar refractivity (Wildman–Crippen MR) is 230 cm³/mol. The highest BCUT2D eigenvalue weighted by atomic mass is 32.2. The molecule has 0 atom stereocenters. The molecule has 7 aromatic carbocycles. The van der Waals surface area contributed by atoms with E-state index in [0.29, 0.717) is 5.56 Å². The van der Waals surface area contributed by atoms with Gasteiger partial charge in [0.05, 0.1) is 39.7 Å². The van der Waals surface area contributed by atoms with Crippen molar-refractivity contribution >= 4 is 57.6 Å². The van der Waals surface area contributed by atoms with Crippen LogP contribution in [-0.2, 0) is 6.18 Å². The van der Waals surface area contributed by atoms with Gasteiger partial charge < -0.3 is 9.80 Å². The Morgan fingerprint density at radius 1 is 0.474 bits per heavy atom. The molecule has 1 aliphatic carbocycles. The Bertz CT molecular complexity index is 2570. The third kappa shape index (κ3) is 6.23. The van der Waals surface area contributed by atoms with E-state index in [4.69, 9.17) is 0 Å². The second-order valence-electron chi connectivity index (χ2n) is 15.0. The zero-order valence-electron chi connectivity index (χ0n) is 31.4. The maximum Gasteiger partial charge on any atom is 0.417 e. The number of hydrogen-bond acceptors (Lipinski definition) is 4. The molecule has 2 nitrogen and oxygen atoms in total. The van der Waals surface area contributed by atoms with Gasteiger partial charge in [0, 0.05) is 30.7 Å². The third-order valence-corrected chi connectivity index (χ3v) is 13.9. The first-order valence-electron chi connectivity index (χ1n) is 19.6. The maximum absolute atomic E-state index is 15.5. The molecule has 0 N–H and O–H groups in total. The summed E-state index contributed by atoms with van der Waals surface area (Å²) in [6, 6.07) is 50.5. The van der Waals surface area contributed by atoms with Gasteiger partial charge in [-0.1, -0.05) is 134 Å². The van der Waals surface area contributed by atoms with E-state index in [0.717, 1.165) is 108 Å². The van der Waals surface area contributed by atoms with Crippen LogP contribution in [0.25, 0.3) is 22.3 Å². The highest BCUT2D eigenvalue weighted by Crippen LogP contribution is 2.61. The molecular weight excluding hydrogens is 750 g/mol. The number of benzene rings is 7. The van der Waals surface area contributed by atoms with Gasteiger partial charge in [-0.25, -0.2) is 0 Å². The van der Waals surface area contributed by atoms with Gasteiger partial charge in [0.15, 0.2) is 0 Å². The molecule has 2 aliphatic heterocycles. The molecule has 57 heavy (non-hydrogen) atoms. The van der Waals surface area contributed by atoms with Crippen molar-refractivity contribution in [1.82, 2.24) is 0 Å². The summed E-state index contributed by atoms with van der Waals surface area (Å²) < 4.78 is 46.6. The molecular formula is C50H39F3N2S2. The van der Waals surface area contributed by atoms with Crippen LogP contribution < -0.4 is 9.80 Å². The van der Waals surface area contributed by atoms with Crippen molar-refractivity contribution in [1.29, 1.82) is 0 Å². The largest absolute Gasteiger partial charge is 0.417 e. The number of nitrogens with zero attached hydrogens (tertiary/aromatic N) is 2. The smallest absolute Gasteiger partial charge is 0.308 e. The van der Waals surface area contributed by atoms with E-state index in [1.165, 1.54) is 12.1 Å². The molecule has 7 aromatic rings. The Labute approximate surface area is 340 Å².